The van der Waals surface area contributed by atoms with Crippen molar-refractivity contribution in [2.45, 2.75) is 45.3 Å². The average Bonchev–Trinajstić information content (AvgIpc) is 3.06. The molecule has 0 radical (unpaired) electrons. The van der Waals surface area contributed by atoms with Crippen LogP contribution in [0.15, 0.2) is 18.2 Å². The molecule has 0 N–H and O–H groups in total. The minimum atomic E-state index is -0.0222. The van der Waals surface area contributed by atoms with Gasteiger partial charge in [-0.1, -0.05) is 24.6 Å². The highest BCUT2D eigenvalue weighted by molar-refractivity contribution is 5.38. The van der Waals surface area contributed by atoms with Crippen LogP contribution in [-0.2, 0) is 11.3 Å². The van der Waals surface area contributed by atoms with Gasteiger partial charge in [-0.15, -0.1) is 0 Å². The molecule has 0 amide bonds. The predicted octanol–water partition coefficient (Wildman–Crippen LogP) is 3.08. The molecular formula is C21H32N2O2. The van der Waals surface area contributed by atoms with Gasteiger partial charge in [-0.2, -0.15) is 0 Å². The van der Waals surface area contributed by atoms with Gasteiger partial charge in [0.25, 0.3) is 0 Å². The van der Waals surface area contributed by atoms with E-state index < -0.39 is 0 Å². The Morgan fingerprint density at radius 1 is 1.20 bits per heavy atom. The summed E-state index contributed by atoms with van der Waals surface area (Å²) in [5.41, 5.74) is 2.66. The van der Waals surface area contributed by atoms with Gasteiger partial charge in [-0.25, -0.2) is 0 Å². The Balaban J connectivity index is 1.58. The molecule has 2 fully saturated rings. The zero-order valence-electron chi connectivity index (χ0n) is 15.8. The average molecular weight is 344 g/mol. The summed E-state index contributed by atoms with van der Waals surface area (Å²) in [6.45, 7) is 12.9. The van der Waals surface area contributed by atoms with Gasteiger partial charge in [0.1, 0.15) is 11.4 Å². The number of benzene rings is 1. The van der Waals surface area contributed by atoms with Crippen LogP contribution in [0, 0.1) is 12.8 Å². The number of likely N-dealkylation sites (tertiary alicyclic amines) is 1. The van der Waals surface area contributed by atoms with Crippen LogP contribution >= 0.6 is 0 Å². The Kier molecular flexibility index (Phi) is 5.03. The minimum absolute atomic E-state index is 0.0222. The maximum Gasteiger partial charge on any atom is 0.124 e. The van der Waals surface area contributed by atoms with E-state index >= 15 is 0 Å². The van der Waals surface area contributed by atoms with Crippen LogP contribution in [0.2, 0.25) is 0 Å². The fourth-order valence-corrected chi connectivity index (χ4v) is 4.66. The Morgan fingerprint density at radius 3 is 2.76 bits per heavy atom. The predicted molar refractivity (Wildman–Crippen MR) is 100 cm³/mol. The highest BCUT2D eigenvalue weighted by atomic mass is 16.5. The van der Waals surface area contributed by atoms with Gasteiger partial charge in [0, 0.05) is 57.7 Å². The molecule has 0 aromatic heterocycles. The van der Waals surface area contributed by atoms with Crippen molar-refractivity contribution >= 4 is 0 Å². The Bertz CT molecular complexity index is 590. The van der Waals surface area contributed by atoms with Gasteiger partial charge in [-0.3, -0.25) is 4.90 Å². The number of fused-ring (bicyclic) bond motifs is 1. The van der Waals surface area contributed by atoms with Crippen molar-refractivity contribution in [1.29, 1.82) is 0 Å². The molecule has 4 heteroatoms. The molecule has 1 atom stereocenters. The molecule has 138 valence electrons. The van der Waals surface area contributed by atoms with E-state index in [9.17, 15) is 0 Å². The summed E-state index contributed by atoms with van der Waals surface area (Å²) in [5.74, 6) is 1.79. The first-order valence-electron chi connectivity index (χ1n) is 9.97. The van der Waals surface area contributed by atoms with Gasteiger partial charge in [0.15, 0.2) is 0 Å². The highest BCUT2D eigenvalue weighted by Crippen LogP contribution is 2.36. The van der Waals surface area contributed by atoms with Crippen LogP contribution in [0.1, 0.15) is 37.3 Å². The third-order valence-corrected chi connectivity index (χ3v) is 6.20. The lowest BCUT2D eigenvalue weighted by atomic mass is 9.90. The van der Waals surface area contributed by atoms with Crippen LogP contribution < -0.4 is 4.74 Å². The second-order valence-electron chi connectivity index (χ2n) is 8.23. The standard InChI is InChI=1S/C21H32N2O2/c1-3-22-9-7-21(8-10-22)16-23(13-18-6-11-24-15-18)14-19-12-17(2)4-5-20(19)25-21/h4-5,12,18H,3,6-11,13-16H2,1-2H3. The lowest BCUT2D eigenvalue weighted by Crippen LogP contribution is -2.53. The molecule has 3 aliphatic rings. The molecule has 0 saturated carbocycles. The SMILES string of the molecule is CCN1CCC2(CC1)CN(CC1CCOC1)Cc1cc(C)ccc1O2. The van der Waals surface area contributed by atoms with Gasteiger partial charge in [0.05, 0.1) is 6.61 Å². The zero-order valence-corrected chi connectivity index (χ0v) is 15.8. The van der Waals surface area contributed by atoms with Gasteiger partial charge in [-0.05, 0) is 31.9 Å². The molecule has 1 spiro atoms. The van der Waals surface area contributed by atoms with E-state index in [4.69, 9.17) is 9.47 Å². The fraction of sp³-hybridized carbons (Fsp3) is 0.714. The molecule has 0 aliphatic carbocycles. The van der Waals surface area contributed by atoms with Crippen LogP contribution in [0.4, 0.5) is 0 Å². The largest absolute Gasteiger partial charge is 0.486 e. The Hall–Kier alpha value is -1.10. The van der Waals surface area contributed by atoms with Crippen LogP contribution in [-0.4, -0.2) is 61.3 Å². The summed E-state index contributed by atoms with van der Waals surface area (Å²) >= 11 is 0. The van der Waals surface area contributed by atoms with E-state index in [1.807, 2.05) is 0 Å². The van der Waals surface area contributed by atoms with Crippen molar-refractivity contribution < 1.29 is 9.47 Å². The Labute approximate surface area is 152 Å². The second kappa shape index (κ2) is 7.26. The summed E-state index contributed by atoms with van der Waals surface area (Å²) in [7, 11) is 0. The van der Waals surface area contributed by atoms with E-state index in [0.29, 0.717) is 5.92 Å². The van der Waals surface area contributed by atoms with Crippen molar-refractivity contribution in [3.05, 3.63) is 29.3 Å². The molecule has 3 aliphatic heterocycles. The number of aryl methyl sites for hydroxylation is 1. The van der Waals surface area contributed by atoms with E-state index in [0.717, 1.165) is 71.1 Å². The number of hydrogen-bond acceptors (Lipinski definition) is 4. The normalized spacial score (nSPS) is 27.0. The molecular weight excluding hydrogens is 312 g/mol. The first-order chi connectivity index (χ1) is 12.2. The second-order valence-corrected chi connectivity index (χ2v) is 8.23. The third-order valence-electron chi connectivity index (χ3n) is 6.20. The van der Waals surface area contributed by atoms with Crippen molar-refractivity contribution in [2.75, 3.05) is 45.9 Å². The lowest BCUT2D eigenvalue weighted by molar-refractivity contribution is -0.0198. The van der Waals surface area contributed by atoms with E-state index in [1.54, 1.807) is 0 Å². The van der Waals surface area contributed by atoms with Crippen LogP contribution in [0.25, 0.3) is 0 Å². The number of ether oxygens (including phenoxy) is 2. The molecule has 4 nitrogen and oxygen atoms in total. The molecule has 3 heterocycles. The number of rotatable bonds is 3. The highest BCUT2D eigenvalue weighted by Gasteiger charge is 2.41. The third kappa shape index (κ3) is 3.86. The minimum Gasteiger partial charge on any atom is -0.486 e. The summed E-state index contributed by atoms with van der Waals surface area (Å²) in [4.78, 5) is 5.19. The first kappa shape index (κ1) is 17.3. The van der Waals surface area contributed by atoms with E-state index in [2.05, 4.69) is 41.8 Å². The van der Waals surface area contributed by atoms with Gasteiger partial charge >= 0.3 is 0 Å². The summed E-state index contributed by atoms with van der Waals surface area (Å²) < 4.78 is 12.3. The summed E-state index contributed by atoms with van der Waals surface area (Å²) in [6, 6.07) is 6.70. The number of hydrogen-bond donors (Lipinski definition) is 0. The number of nitrogens with zero attached hydrogens (tertiary/aromatic N) is 2. The summed E-state index contributed by atoms with van der Waals surface area (Å²) in [6.07, 6.45) is 3.46. The fourth-order valence-electron chi connectivity index (χ4n) is 4.66. The molecule has 4 rings (SSSR count). The Morgan fingerprint density at radius 2 is 2.04 bits per heavy atom. The quantitative estimate of drug-likeness (QED) is 0.841. The monoisotopic (exact) mass is 344 g/mol. The van der Waals surface area contributed by atoms with E-state index in [1.165, 1.54) is 17.5 Å². The lowest BCUT2D eigenvalue weighted by Gasteiger charge is -2.43. The van der Waals surface area contributed by atoms with Crippen molar-refractivity contribution in [3.8, 4) is 5.75 Å². The molecule has 0 bridgehead atoms. The van der Waals surface area contributed by atoms with E-state index in [-0.39, 0.29) is 5.60 Å². The maximum absolute atomic E-state index is 6.73. The summed E-state index contributed by atoms with van der Waals surface area (Å²) in [5, 5.41) is 0. The molecule has 1 aromatic carbocycles. The van der Waals surface area contributed by atoms with Crippen molar-refractivity contribution in [2.24, 2.45) is 5.92 Å². The van der Waals surface area contributed by atoms with Crippen molar-refractivity contribution in [1.82, 2.24) is 9.80 Å². The van der Waals surface area contributed by atoms with Gasteiger partial charge < -0.3 is 14.4 Å². The smallest absolute Gasteiger partial charge is 0.124 e. The van der Waals surface area contributed by atoms with Gasteiger partial charge in [0.2, 0.25) is 0 Å². The molecule has 1 unspecified atom stereocenters. The zero-order chi connectivity index (χ0) is 17.3. The van der Waals surface area contributed by atoms with Crippen molar-refractivity contribution in [3.63, 3.8) is 0 Å². The van der Waals surface area contributed by atoms with Crippen LogP contribution in [0.3, 0.4) is 0 Å². The maximum atomic E-state index is 6.73. The topological polar surface area (TPSA) is 24.9 Å². The van der Waals surface area contributed by atoms with Crippen LogP contribution in [0.5, 0.6) is 5.75 Å². The number of piperidine rings is 1. The molecule has 1 aromatic rings. The molecule has 25 heavy (non-hydrogen) atoms. The first-order valence-corrected chi connectivity index (χ1v) is 9.97. The molecule has 2 saturated heterocycles.